The van der Waals surface area contributed by atoms with Gasteiger partial charge in [0.1, 0.15) is 5.82 Å². The van der Waals surface area contributed by atoms with Gasteiger partial charge in [0.25, 0.3) is 0 Å². The van der Waals surface area contributed by atoms with Crippen LogP contribution < -0.4 is 5.32 Å². The summed E-state index contributed by atoms with van der Waals surface area (Å²) in [5, 5.41) is 2.87. The first-order valence-electron chi connectivity index (χ1n) is 7.17. The topological polar surface area (TPSA) is 57.7 Å². The van der Waals surface area contributed by atoms with E-state index in [4.69, 9.17) is 4.74 Å². The molecule has 114 valence electrons. The SMILES string of the molecule is O=C1CN(CCN2CCOCC2)Cc2cc(Br)cnc2N1. The summed E-state index contributed by atoms with van der Waals surface area (Å²) < 4.78 is 6.29. The van der Waals surface area contributed by atoms with E-state index in [2.05, 4.69) is 36.0 Å². The molecule has 1 amide bonds. The second-order valence-electron chi connectivity index (χ2n) is 5.37. The fraction of sp³-hybridized carbons (Fsp3) is 0.571. The molecule has 0 aliphatic carbocycles. The van der Waals surface area contributed by atoms with Crippen LogP contribution in [0.1, 0.15) is 5.56 Å². The predicted octanol–water partition coefficient (Wildman–Crippen LogP) is 0.930. The molecule has 0 bridgehead atoms. The summed E-state index contributed by atoms with van der Waals surface area (Å²) in [6.07, 6.45) is 1.71. The number of amides is 1. The van der Waals surface area contributed by atoms with Gasteiger partial charge in [-0.25, -0.2) is 4.98 Å². The van der Waals surface area contributed by atoms with Crippen LogP contribution in [-0.4, -0.2) is 66.6 Å². The third kappa shape index (κ3) is 4.00. The van der Waals surface area contributed by atoms with Crippen molar-refractivity contribution < 1.29 is 9.53 Å². The van der Waals surface area contributed by atoms with Crippen LogP contribution in [0.4, 0.5) is 5.82 Å². The lowest BCUT2D eigenvalue weighted by Crippen LogP contribution is -2.42. The number of hydrogen-bond acceptors (Lipinski definition) is 5. The number of halogens is 1. The molecule has 21 heavy (non-hydrogen) atoms. The lowest BCUT2D eigenvalue weighted by Gasteiger charge is -2.29. The Balaban J connectivity index is 1.64. The smallest absolute Gasteiger partial charge is 0.239 e. The summed E-state index contributed by atoms with van der Waals surface area (Å²) in [5.74, 6) is 0.683. The molecular formula is C14H19BrN4O2. The first-order chi connectivity index (χ1) is 10.2. The molecule has 3 rings (SSSR count). The Morgan fingerprint density at radius 1 is 1.24 bits per heavy atom. The zero-order valence-electron chi connectivity index (χ0n) is 11.8. The van der Waals surface area contributed by atoms with Crippen LogP contribution in [-0.2, 0) is 16.1 Å². The molecule has 0 saturated carbocycles. The van der Waals surface area contributed by atoms with E-state index in [0.717, 1.165) is 56.0 Å². The number of rotatable bonds is 3. The van der Waals surface area contributed by atoms with Crippen LogP contribution in [0, 0.1) is 0 Å². The highest BCUT2D eigenvalue weighted by molar-refractivity contribution is 9.10. The summed E-state index contributed by atoms with van der Waals surface area (Å²) >= 11 is 3.44. The summed E-state index contributed by atoms with van der Waals surface area (Å²) in [5.41, 5.74) is 1.05. The van der Waals surface area contributed by atoms with Gasteiger partial charge in [-0.2, -0.15) is 0 Å². The molecule has 6 nitrogen and oxygen atoms in total. The van der Waals surface area contributed by atoms with Crippen molar-refractivity contribution in [1.29, 1.82) is 0 Å². The minimum Gasteiger partial charge on any atom is -0.379 e. The first kappa shape index (κ1) is 14.9. The Morgan fingerprint density at radius 2 is 2.00 bits per heavy atom. The fourth-order valence-electron chi connectivity index (χ4n) is 2.65. The van der Waals surface area contributed by atoms with Crippen molar-refractivity contribution in [1.82, 2.24) is 14.8 Å². The average Bonchev–Trinajstić information content (AvgIpc) is 2.64. The number of hydrogen-bond donors (Lipinski definition) is 1. The molecule has 0 atom stereocenters. The number of fused-ring (bicyclic) bond motifs is 1. The second-order valence-corrected chi connectivity index (χ2v) is 6.29. The maximum absolute atomic E-state index is 12.0. The van der Waals surface area contributed by atoms with Gasteiger partial charge in [0.15, 0.2) is 0 Å². The van der Waals surface area contributed by atoms with E-state index >= 15 is 0 Å². The van der Waals surface area contributed by atoms with Crippen molar-refractivity contribution in [3.63, 3.8) is 0 Å². The lowest BCUT2D eigenvalue weighted by molar-refractivity contribution is -0.117. The molecule has 1 aromatic heterocycles. The van der Waals surface area contributed by atoms with E-state index in [-0.39, 0.29) is 5.91 Å². The summed E-state index contributed by atoms with van der Waals surface area (Å²) in [4.78, 5) is 20.8. The molecule has 0 spiro atoms. The number of nitrogens with zero attached hydrogens (tertiary/aromatic N) is 3. The van der Waals surface area contributed by atoms with Gasteiger partial charge < -0.3 is 10.1 Å². The van der Waals surface area contributed by atoms with Crippen LogP contribution in [0.15, 0.2) is 16.7 Å². The third-order valence-electron chi connectivity index (χ3n) is 3.79. The lowest BCUT2D eigenvalue weighted by atomic mass is 10.2. The quantitative estimate of drug-likeness (QED) is 0.874. The largest absolute Gasteiger partial charge is 0.379 e. The van der Waals surface area contributed by atoms with Crippen LogP contribution in [0.2, 0.25) is 0 Å². The normalized spacial score (nSPS) is 20.7. The minimum atomic E-state index is 0.00514. The molecule has 1 aromatic rings. The Labute approximate surface area is 132 Å². The van der Waals surface area contributed by atoms with Crippen molar-refractivity contribution in [3.05, 3.63) is 22.3 Å². The zero-order valence-corrected chi connectivity index (χ0v) is 13.4. The van der Waals surface area contributed by atoms with E-state index in [9.17, 15) is 4.79 Å². The van der Waals surface area contributed by atoms with Gasteiger partial charge in [-0.15, -0.1) is 0 Å². The van der Waals surface area contributed by atoms with Gasteiger partial charge in [-0.05, 0) is 22.0 Å². The van der Waals surface area contributed by atoms with E-state index < -0.39 is 0 Å². The maximum atomic E-state index is 12.0. The highest BCUT2D eigenvalue weighted by atomic mass is 79.9. The molecule has 2 aliphatic rings. The van der Waals surface area contributed by atoms with Crippen LogP contribution >= 0.6 is 15.9 Å². The van der Waals surface area contributed by atoms with Gasteiger partial charge in [0, 0.05) is 49.0 Å². The number of nitrogens with one attached hydrogen (secondary N) is 1. The molecule has 0 radical (unpaired) electrons. The van der Waals surface area contributed by atoms with Crippen molar-refractivity contribution >= 4 is 27.7 Å². The molecule has 2 aliphatic heterocycles. The average molecular weight is 355 g/mol. The number of morpholine rings is 1. The Hall–Kier alpha value is -1.02. The highest BCUT2D eigenvalue weighted by Gasteiger charge is 2.21. The fourth-order valence-corrected chi connectivity index (χ4v) is 3.03. The highest BCUT2D eigenvalue weighted by Crippen LogP contribution is 2.21. The molecule has 3 heterocycles. The Bertz CT molecular complexity index is 520. The molecule has 7 heteroatoms. The van der Waals surface area contributed by atoms with Gasteiger partial charge in [0.05, 0.1) is 19.8 Å². The molecule has 0 unspecified atom stereocenters. The van der Waals surface area contributed by atoms with E-state index in [1.165, 1.54) is 0 Å². The van der Waals surface area contributed by atoms with Gasteiger partial charge in [-0.3, -0.25) is 14.6 Å². The van der Waals surface area contributed by atoms with Gasteiger partial charge in [0.2, 0.25) is 5.91 Å². The zero-order chi connectivity index (χ0) is 14.7. The van der Waals surface area contributed by atoms with Gasteiger partial charge in [-0.1, -0.05) is 0 Å². The number of ether oxygens (including phenoxy) is 1. The third-order valence-corrected chi connectivity index (χ3v) is 4.22. The van der Waals surface area contributed by atoms with Crippen molar-refractivity contribution in [3.8, 4) is 0 Å². The Kier molecular flexibility index (Phi) is 4.84. The van der Waals surface area contributed by atoms with Crippen molar-refractivity contribution in [2.75, 3.05) is 51.3 Å². The summed E-state index contributed by atoms with van der Waals surface area (Å²) in [7, 11) is 0. The van der Waals surface area contributed by atoms with Crippen LogP contribution in [0.25, 0.3) is 0 Å². The molecule has 1 saturated heterocycles. The summed E-state index contributed by atoms with van der Waals surface area (Å²) in [6, 6.07) is 2.02. The molecule has 1 fully saturated rings. The molecule has 1 N–H and O–H groups in total. The molecular weight excluding hydrogens is 336 g/mol. The first-order valence-corrected chi connectivity index (χ1v) is 7.97. The number of pyridine rings is 1. The molecule has 0 aromatic carbocycles. The Morgan fingerprint density at radius 3 is 2.81 bits per heavy atom. The monoisotopic (exact) mass is 354 g/mol. The van der Waals surface area contributed by atoms with Crippen molar-refractivity contribution in [2.45, 2.75) is 6.54 Å². The maximum Gasteiger partial charge on any atom is 0.239 e. The van der Waals surface area contributed by atoms with E-state index in [0.29, 0.717) is 12.4 Å². The van der Waals surface area contributed by atoms with E-state index in [1.807, 2.05) is 6.07 Å². The number of carbonyl (C=O) groups excluding carboxylic acids is 1. The van der Waals surface area contributed by atoms with Crippen LogP contribution in [0.3, 0.4) is 0 Å². The second kappa shape index (κ2) is 6.83. The van der Waals surface area contributed by atoms with E-state index in [1.54, 1.807) is 6.20 Å². The summed E-state index contributed by atoms with van der Waals surface area (Å²) in [6.45, 7) is 6.56. The van der Waals surface area contributed by atoms with Crippen LogP contribution in [0.5, 0.6) is 0 Å². The number of anilines is 1. The number of aromatic nitrogens is 1. The minimum absolute atomic E-state index is 0.00514. The standard InChI is InChI=1S/C14H19BrN4O2/c15-12-7-11-9-19(2-1-18-3-5-21-6-4-18)10-13(20)17-14(11)16-8-12/h7-8H,1-6,9-10H2,(H,16,17,20). The number of carbonyl (C=O) groups is 1. The van der Waals surface area contributed by atoms with Crippen molar-refractivity contribution in [2.24, 2.45) is 0 Å². The van der Waals surface area contributed by atoms with Gasteiger partial charge >= 0.3 is 0 Å². The predicted molar refractivity (Wildman–Crippen MR) is 83.1 cm³/mol.